The van der Waals surface area contributed by atoms with Gasteiger partial charge in [0.25, 0.3) is 0 Å². The number of aliphatic hydroxyl groups is 1. The van der Waals surface area contributed by atoms with E-state index in [0.29, 0.717) is 17.0 Å². The number of fused-ring (bicyclic) bond motifs is 1. The average molecular weight is 364 g/mol. The Hall–Kier alpha value is -3.03. The van der Waals surface area contributed by atoms with E-state index in [1.165, 1.54) is 11.3 Å². The first-order chi connectivity index (χ1) is 12.6. The maximum absolute atomic E-state index is 11.1. The Bertz CT molecular complexity index is 1080. The maximum atomic E-state index is 11.1. The predicted octanol–water partition coefficient (Wildman–Crippen LogP) is 2.64. The molecule has 0 aliphatic heterocycles. The highest BCUT2D eigenvalue weighted by molar-refractivity contribution is 7.09. The number of benzene rings is 1. The summed E-state index contributed by atoms with van der Waals surface area (Å²) in [6.07, 6.45) is 4.64. The van der Waals surface area contributed by atoms with E-state index in [-0.39, 0.29) is 6.61 Å². The van der Waals surface area contributed by atoms with E-state index < -0.39 is 5.91 Å². The first-order valence-electron chi connectivity index (χ1n) is 8.04. The zero-order valence-corrected chi connectivity index (χ0v) is 14.6. The van der Waals surface area contributed by atoms with Crippen LogP contribution < -0.4 is 5.73 Å². The number of primary amides is 1. The number of thiazole rings is 1. The van der Waals surface area contributed by atoms with Crippen LogP contribution in [0.4, 0.5) is 0 Å². The average Bonchev–Trinajstić information content (AvgIpc) is 3.27. The van der Waals surface area contributed by atoms with E-state index in [4.69, 9.17) is 10.8 Å². The third-order valence-electron chi connectivity index (χ3n) is 4.11. The van der Waals surface area contributed by atoms with Crippen molar-refractivity contribution in [2.75, 3.05) is 0 Å². The minimum Gasteiger partial charge on any atom is -0.389 e. The smallest absolute Gasteiger partial charge is 0.248 e. The van der Waals surface area contributed by atoms with Gasteiger partial charge in [0.1, 0.15) is 10.7 Å². The summed E-state index contributed by atoms with van der Waals surface area (Å²) in [4.78, 5) is 20.2. The molecular weight excluding hydrogens is 348 g/mol. The molecule has 0 aliphatic rings. The molecule has 130 valence electrons. The largest absolute Gasteiger partial charge is 0.389 e. The molecule has 1 aromatic carbocycles. The summed E-state index contributed by atoms with van der Waals surface area (Å²) in [5.74, 6) is -0.428. The van der Waals surface area contributed by atoms with Gasteiger partial charge >= 0.3 is 0 Å². The van der Waals surface area contributed by atoms with E-state index in [0.717, 1.165) is 28.2 Å². The van der Waals surface area contributed by atoms with Crippen LogP contribution in [0, 0.1) is 0 Å². The molecule has 0 fully saturated rings. The summed E-state index contributed by atoms with van der Waals surface area (Å²) in [6.45, 7) is -0.0450. The van der Waals surface area contributed by atoms with Crippen molar-refractivity contribution in [3.05, 3.63) is 76.0 Å². The van der Waals surface area contributed by atoms with Crippen LogP contribution in [0.1, 0.15) is 26.6 Å². The Morgan fingerprint density at radius 3 is 2.62 bits per heavy atom. The topological polar surface area (TPSA) is 93.5 Å². The number of pyridine rings is 1. The molecule has 0 unspecified atom stereocenters. The van der Waals surface area contributed by atoms with Crippen LogP contribution in [0.2, 0.25) is 0 Å². The minimum absolute atomic E-state index is 0.0450. The normalized spacial score (nSPS) is 11.1. The number of rotatable bonds is 5. The number of amides is 1. The van der Waals surface area contributed by atoms with Crippen molar-refractivity contribution < 1.29 is 9.90 Å². The third-order valence-corrected chi connectivity index (χ3v) is 4.94. The van der Waals surface area contributed by atoms with Gasteiger partial charge in [-0.05, 0) is 29.8 Å². The van der Waals surface area contributed by atoms with Gasteiger partial charge in [0.05, 0.1) is 18.0 Å². The first-order valence-corrected chi connectivity index (χ1v) is 8.92. The Labute approximate surface area is 153 Å². The second-order valence-electron chi connectivity index (χ2n) is 5.94. The molecule has 0 radical (unpaired) electrons. The molecule has 4 aromatic rings. The van der Waals surface area contributed by atoms with Crippen LogP contribution >= 0.6 is 11.3 Å². The molecule has 3 N–H and O–H groups in total. The van der Waals surface area contributed by atoms with Crippen molar-refractivity contribution >= 4 is 22.9 Å². The summed E-state index contributed by atoms with van der Waals surface area (Å²) in [7, 11) is 0. The van der Waals surface area contributed by atoms with Crippen LogP contribution in [0.3, 0.4) is 0 Å². The van der Waals surface area contributed by atoms with Gasteiger partial charge in [0, 0.05) is 35.3 Å². The van der Waals surface area contributed by atoms with Crippen molar-refractivity contribution in [1.29, 1.82) is 0 Å². The van der Waals surface area contributed by atoms with Crippen molar-refractivity contribution in [3.63, 3.8) is 0 Å². The van der Waals surface area contributed by atoms with Crippen LogP contribution in [-0.4, -0.2) is 25.4 Å². The van der Waals surface area contributed by atoms with Gasteiger partial charge in [0.15, 0.2) is 0 Å². The third kappa shape index (κ3) is 3.22. The van der Waals surface area contributed by atoms with Crippen molar-refractivity contribution in [2.24, 2.45) is 5.73 Å². The monoisotopic (exact) mass is 364 g/mol. The maximum Gasteiger partial charge on any atom is 0.248 e. The van der Waals surface area contributed by atoms with Crippen molar-refractivity contribution in [1.82, 2.24) is 14.4 Å². The predicted molar refractivity (Wildman–Crippen MR) is 100.0 cm³/mol. The van der Waals surface area contributed by atoms with Crippen LogP contribution in [0.15, 0.2) is 54.2 Å². The van der Waals surface area contributed by atoms with Gasteiger partial charge in [-0.15, -0.1) is 11.3 Å². The second-order valence-corrected chi connectivity index (χ2v) is 6.88. The number of nitrogens with zero attached hydrogens (tertiary/aromatic N) is 3. The second kappa shape index (κ2) is 6.70. The highest BCUT2D eigenvalue weighted by atomic mass is 32.1. The summed E-state index contributed by atoms with van der Waals surface area (Å²) in [5.41, 5.74) is 10.4. The number of carbonyl (C=O) groups is 1. The van der Waals surface area contributed by atoms with Gasteiger partial charge in [-0.2, -0.15) is 0 Å². The molecule has 1 amide bonds. The van der Waals surface area contributed by atoms with E-state index in [1.807, 2.05) is 46.4 Å². The quantitative estimate of drug-likeness (QED) is 0.569. The highest BCUT2D eigenvalue weighted by Crippen LogP contribution is 2.23. The Balaban J connectivity index is 1.60. The van der Waals surface area contributed by atoms with Gasteiger partial charge in [-0.3, -0.25) is 4.79 Å². The Morgan fingerprint density at radius 2 is 1.92 bits per heavy atom. The SMILES string of the molecule is NC(=O)c1ccc(Cc2cn3cc(-c4csc(CO)n4)ccc3n2)cc1. The number of hydrogen-bond acceptors (Lipinski definition) is 5. The molecule has 6 nitrogen and oxygen atoms in total. The number of aromatic nitrogens is 3. The Kier molecular flexibility index (Phi) is 4.24. The molecule has 0 saturated heterocycles. The molecule has 0 bridgehead atoms. The van der Waals surface area contributed by atoms with Crippen molar-refractivity contribution in [2.45, 2.75) is 13.0 Å². The fourth-order valence-corrected chi connectivity index (χ4v) is 3.46. The summed E-state index contributed by atoms with van der Waals surface area (Å²) in [6, 6.07) is 11.2. The number of nitrogens with two attached hydrogens (primary N) is 1. The highest BCUT2D eigenvalue weighted by Gasteiger charge is 2.08. The van der Waals surface area contributed by atoms with Crippen molar-refractivity contribution in [3.8, 4) is 11.3 Å². The summed E-state index contributed by atoms with van der Waals surface area (Å²) >= 11 is 1.44. The fourth-order valence-electron chi connectivity index (χ4n) is 2.79. The minimum atomic E-state index is -0.428. The first kappa shape index (κ1) is 16.4. The number of hydrogen-bond donors (Lipinski definition) is 2. The molecule has 0 aliphatic carbocycles. The molecule has 3 heterocycles. The molecule has 26 heavy (non-hydrogen) atoms. The summed E-state index contributed by atoms with van der Waals surface area (Å²) < 4.78 is 1.97. The van der Waals surface area contributed by atoms with Gasteiger partial charge < -0.3 is 15.2 Å². The molecule has 7 heteroatoms. The number of imidazole rings is 1. The van der Waals surface area contributed by atoms with Gasteiger partial charge in [0.2, 0.25) is 5.91 Å². The van der Waals surface area contributed by atoms with Gasteiger partial charge in [-0.1, -0.05) is 12.1 Å². The van der Waals surface area contributed by atoms with Crippen LogP contribution in [-0.2, 0) is 13.0 Å². The molecule has 0 saturated carbocycles. The lowest BCUT2D eigenvalue weighted by molar-refractivity contribution is 0.100. The lowest BCUT2D eigenvalue weighted by Crippen LogP contribution is -2.10. The molecular formula is C19H16N4O2S. The number of carbonyl (C=O) groups excluding carboxylic acids is 1. The molecule has 3 aromatic heterocycles. The van der Waals surface area contributed by atoms with Crippen LogP contribution in [0.5, 0.6) is 0 Å². The fraction of sp³-hybridized carbons (Fsp3) is 0.105. The van der Waals surface area contributed by atoms with Crippen LogP contribution in [0.25, 0.3) is 16.9 Å². The summed E-state index contributed by atoms with van der Waals surface area (Å²) in [5, 5.41) is 11.8. The molecule has 0 spiro atoms. The zero-order valence-electron chi connectivity index (χ0n) is 13.8. The van der Waals surface area contributed by atoms with E-state index in [1.54, 1.807) is 12.1 Å². The van der Waals surface area contributed by atoms with E-state index in [2.05, 4.69) is 9.97 Å². The molecule has 0 atom stereocenters. The van der Waals surface area contributed by atoms with E-state index >= 15 is 0 Å². The standard InChI is InChI=1S/C19H16N4O2S/c20-19(25)13-3-1-12(2-4-13)7-15-9-23-8-14(5-6-17(23)21-15)16-11-26-18(10-24)22-16/h1-6,8-9,11,24H,7,10H2,(H2,20,25). The lowest BCUT2D eigenvalue weighted by Gasteiger charge is -1.99. The lowest BCUT2D eigenvalue weighted by atomic mass is 10.1. The van der Waals surface area contributed by atoms with E-state index in [9.17, 15) is 4.79 Å². The molecule has 4 rings (SSSR count). The number of aliphatic hydroxyl groups excluding tert-OH is 1. The zero-order chi connectivity index (χ0) is 18.1. The van der Waals surface area contributed by atoms with Gasteiger partial charge in [-0.25, -0.2) is 9.97 Å². The Morgan fingerprint density at radius 1 is 1.12 bits per heavy atom.